The number of aromatic nitrogens is 3. The number of amides is 1. The van der Waals surface area contributed by atoms with Crippen LogP contribution in [0, 0.1) is 0 Å². The third kappa shape index (κ3) is 4.42. The number of carbonyl (C=O) groups excluding carboxylic acids is 1. The highest BCUT2D eigenvalue weighted by atomic mass is 16.2. The van der Waals surface area contributed by atoms with E-state index in [4.69, 9.17) is 5.73 Å². The maximum Gasteiger partial charge on any atom is 0.288 e. The lowest BCUT2D eigenvalue weighted by molar-refractivity contribution is 0.0922. The summed E-state index contributed by atoms with van der Waals surface area (Å²) in [6.45, 7) is 4.25. The van der Waals surface area contributed by atoms with Crippen molar-refractivity contribution in [1.82, 2.24) is 20.5 Å². The van der Waals surface area contributed by atoms with Gasteiger partial charge >= 0.3 is 0 Å². The Balaban J connectivity index is 2.51. The van der Waals surface area contributed by atoms with Gasteiger partial charge in [-0.2, -0.15) is 4.98 Å². The van der Waals surface area contributed by atoms with Crippen LogP contribution >= 0.6 is 0 Å². The van der Waals surface area contributed by atoms with Gasteiger partial charge < -0.3 is 11.1 Å². The number of nitrogens with two attached hydrogens (primary N) is 1. The lowest BCUT2D eigenvalue weighted by atomic mass is 10.1. The van der Waals surface area contributed by atoms with Crippen LogP contribution in [0.1, 0.15) is 56.6 Å². The highest BCUT2D eigenvalue weighted by Gasteiger charge is 2.15. The summed E-state index contributed by atoms with van der Waals surface area (Å²) in [7, 11) is 0. The summed E-state index contributed by atoms with van der Waals surface area (Å²) in [5.41, 5.74) is 5.35. The first-order chi connectivity index (χ1) is 8.17. The number of carbonyl (C=O) groups is 1. The molecule has 6 nitrogen and oxygen atoms in total. The Hall–Kier alpha value is -1.59. The molecule has 0 saturated carbocycles. The van der Waals surface area contributed by atoms with Gasteiger partial charge in [0, 0.05) is 6.04 Å². The fourth-order valence-electron chi connectivity index (χ4n) is 1.72. The second kappa shape index (κ2) is 6.88. The van der Waals surface area contributed by atoms with E-state index >= 15 is 0 Å². The van der Waals surface area contributed by atoms with Crippen LogP contribution in [-0.2, 0) is 0 Å². The largest absolute Gasteiger partial charge is 0.366 e. The zero-order valence-corrected chi connectivity index (χ0v) is 10.5. The van der Waals surface area contributed by atoms with E-state index < -0.39 is 0 Å². The van der Waals surface area contributed by atoms with E-state index in [2.05, 4.69) is 34.3 Å². The van der Waals surface area contributed by atoms with Crippen LogP contribution in [0.25, 0.3) is 0 Å². The first-order valence-corrected chi connectivity index (χ1v) is 6.16. The van der Waals surface area contributed by atoms with E-state index in [1.165, 1.54) is 0 Å². The van der Waals surface area contributed by atoms with Crippen LogP contribution in [0.5, 0.6) is 0 Å². The Morgan fingerprint density at radius 1 is 1.41 bits per heavy atom. The molecule has 1 aromatic rings. The fourth-order valence-corrected chi connectivity index (χ4v) is 1.72. The number of nitrogen functional groups attached to an aromatic ring is 1. The molecule has 0 fully saturated rings. The summed E-state index contributed by atoms with van der Waals surface area (Å²) in [5, 5.41) is 9.10. The summed E-state index contributed by atoms with van der Waals surface area (Å²) >= 11 is 0. The molecular formula is C11H21N5O. The summed E-state index contributed by atoms with van der Waals surface area (Å²) in [6, 6.07) is 0.207. The van der Waals surface area contributed by atoms with Gasteiger partial charge in [-0.3, -0.25) is 9.89 Å². The Morgan fingerprint density at radius 2 is 2.18 bits per heavy atom. The lowest BCUT2D eigenvalue weighted by Gasteiger charge is -2.16. The molecule has 0 aliphatic rings. The molecule has 0 aliphatic carbocycles. The van der Waals surface area contributed by atoms with Gasteiger partial charge in [-0.05, 0) is 12.8 Å². The quantitative estimate of drug-likeness (QED) is 0.671. The van der Waals surface area contributed by atoms with Crippen molar-refractivity contribution >= 4 is 11.9 Å². The predicted molar refractivity (Wildman–Crippen MR) is 66.5 cm³/mol. The van der Waals surface area contributed by atoms with Crippen LogP contribution in [0.2, 0.25) is 0 Å². The summed E-state index contributed by atoms with van der Waals surface area (Å²) < 4.78 is 0. The molecule has 0 radical (unpaired) electrons. The Bertz CT molecular complexity index is 349. The number of anilines is 1. The molecule has 1 unspecified atom stereocenters. The Labute approximate surface area is 101 Å². The maximum absolute atomic E-state index is 11.8. The third-order valence-corrected chi connectivity index (χ3v) is 2.60. The number of H-pyrrole nitrogens is 1. The van der Waals surface area contributed by atoms with Gasteiger partial charge in [0.05, 0.1) is 0 Å². The molecule has 1 rings (SSSR count). The van der Waals surface area contributed by atoms with Gasteiger partial charge in [-0.25, -0.2) is 0 Å². The van der Waals surface area contributed by atoms with Crippen LogP contribution < -0.4 is 11.1 Å². The predicted octanol–water partition coefficient (Wildman–Crippen LogP) is 1.48. The maximum atomic E-state index is 11.8. The van der Waals surface area contributed by atoms with Crippen LogP contribution in [0.3, 0.4) is 0 Å². The molecule has 0 aliphatic heterocycles. The molecule has 0 aromatic carbocycles. The zero-order chi connectivity index (χ0) is 12.7. The average molecular weight is 239 g/mol. The minimum Gasteiger partial charge on any atom is -0.366 e. The molecule has 1 atom stereocenters. The van der Waals surface area contributed by atoms with Gasteiger partial charge in [0.15, 0.2) is 0 Å². The van der Waals surface area contributed by atoms with Crippen molar-refractivity contribution in [2.45, 2.75) is 52.0 Å². The Kier molecular flexibility index (Phi) is 5.45. The van der Waals surface area contributed by atoms with E-state index in [0.29, 0.717) is 0 Å². The molecule has 0 spiro atoms. The van der Waals surface area contributed by atoms with Gasteiger partial charge in [-0.15, -0.1) is 5.10 Å². The summed E-state index contributed by atoms with van der Waals surface area (Å²) in [4.78, 5) is 15.6. The van der Waals surface area contributed by atoms with Gasteiger partial charge in [0.25, 0.3) is 5.91 Å². The smallest absolute Gasteiger partial charge is 0.288 e. The lowest BCUT2D eigenvalue weighted by Crippen LogP contribution is -2.35. The number of nitrogens with one attached hydrogen (secondary N) is 2. The van der Waals surface area contributed by atoms with Crippen molar-refractivity contribution in [3.05, 3.63) is 5.82 Å². The molecule has 0 saturated heterocycles. The van der Waals surface area contributed by atoms with E-state index in [1.807, 2.05) is 0 Å². The molecule has 96 valence electrons. The minimum absolute atomic E-state index is 0.0933. The first kappa shape index (κ1) is 13.5. The van der Waals surface area contributed by atoms with Gasteiger partial charge in [0.1, 0.15) is 0 Å². The highest BCUT2D eigenvalue weighted by Crippen LogP contribution is 2.07. The molecule has 1 amide bonds. The SMILES string of the molecule is CCCCC(CCC)NC(=O)c1nc(N)n[nH]1. The average Bonchev–Trinajstić information content (AvgIpc) is 2.73. The molecule has 17 heavy (non-hydrogen) atoms. The first-order valence-electron chi connectivity index (χ1n) is 6.16. The normalized spacial score (nSPS) is 12.4. The molecular weight excluding hydrogens is 218 g/mol. The number of unbranched alkanes of at least 4 members (excludes halogenated alkanes) is 1. The number of hydrogen-bond acceptors (Lipinski definition) is 4. The van der Waals surface area contributed by atoms with E-state index in [-0.39, 0.29) is 23.7 Å². The number of aromatic amines is 1. The topological polar surface area (TPSA) is 96.7 Å². The number of rotatable bonds is 7. The number of nitrogens with zero attached hydrogens (tertiary/aromatic N) is 2. The molecule has 1 aromatic heterocycles. The van der Waals surface area contributed by atoms with Crippen molar-refractivity contribution in [2.24, 2.45) is 0 Å². The van der Waals surface area contributed by atoms with Gasteiger partial charge in [0.2, 0.25) is 11.8 Å². The second-order valence-electron chi connectivity index (χ2n) is 4.14. The molecule has 6 heteroatoms. The van der Waals surface area contributed by atoms with Crippen LogP contribution in [0.15, 0.2) is 0 Å². The van der Waals surface area contributed by atoms with E-state index in [0.717, 1.165) is 32.1 Å². The van der Waals surface area contributed by atoms with Crippen molar-refractivity contribution in [1.29, 1.82) is 0 Å². The van der Waals surface area contributed by atoms with E-state index in [9.17, 15) is 4.79 Å². The molecule has 0 bridgehead atoms. The van der Waals surface area contributed by atoms with Crippen LogP contribution in [-0.4, -0.2) is 27.1 Å². The number of hydrogen-bond donors (Lipinski definition) is 3. The van der Waals surface area contributed by atoms with E-state index in [1.54, 1.807) is 0 Å². The molecule has 1 heterocycles. The summed E-state index contributed by atoms with van der Waals surface area (Å²) in [5.74, 6) is 0.0413. The standard InChI is InChI=1S/C11H21N5O/c1-3-5-7-8(6-4-2)13-10(17)9-14-11(12)16-15-9/h8H,3-7H2,1-2H3,(H,13,17)(H3,12,14,15,16). The van der Waals surface area contributed by atoms with Crippen molar-refractivity contribution in [3.8, 4) is 0 Å². The molecule has 4 N–H and O–H groups in total. The minimum atomic E-state index is -0.233. The fraction of sp³-hybridized carbons (Fsp3) is 0.727. The summed E-state index contributed by atoms with van der Waals surface area (Å²) in [6.07, 6.45) is 5.27. The zero-order valence-electron chi connectivity index (χ0n) is 10.5. The third-order valence-electron chi connectivity index (χ3n) is 2.60. The Morgan fingerprint density at radius 3 is 2.71 bits per heavy atom. The van der Waals surface area contributed by atoms with Crippen LogP contribution in [0.4, 0.5) is 5.95 Å². The highest BCUT2D eigenvalue weighted by molar-refractivity contribution is 5.90. The van der Waals surface area contributed by atoms with Crippen molar-refractivity contribution < 1.29 is 4.79 Å². The van der Waals surface area contributed by atoms with Gasteiger partial charge in [-0.1, -0.05) is 33.1 Å². The van der Waals surface area contributed by atoms with Crippen molar-refractivity contribution in [2.75, 3.05) is 5.73 Å². The monoisotopic (exact) mass is 239 g/mol. The second-order valence-corrected chi connectivity index (χ2v) is 4.14. The van der Waals surface area contributed by atoms with Crippen molar-refractivity contribution in [3.63, 3.8) is 0 Å².